The van der Waals surface area contributed by atoms with Crippen LogP contribution in [0.4, 0.5) is 0 Å². The van der Waals surface area contributed by atoms with Crippen LogP contribution < -0.4 is 4.72 Å². The Morgan fingerprint density at radius 3 is 2.33 bits per heavy atom. The Morgan fingerprint density at radius 2 is 1.76 bits per heavy atom. The summed E-state index contributed by atoms with van der Waals surface area (Å²) in [5, 5.41) is 9.52. The first kappa shape index (κ1) is 17.0. The Labute approximate surface area is 135 Å². The maximum absolute atomic E-state index is 12.5. The van der Waals surface area contributed by atoms with Crippen molar-refractivity contribution in [2.45, 2.75) is 56.1 Å². The number of benzene rings is 1. The summed E-state index contributed by atoms with van der Waals surface area (Å²) in [6.07, 6.45) is 6.05. The van der Waals surface area contributed by atoms with Crippen molar-refractivity contribution < 1.29 is 13.5 Å². The first-order chi connectivity index (χ1) is 9.95. The molecule has 0 atom stereocenters. The molecule has 118 valence electrons. The Balaban J connectivity index is 2.27. The molecule has 1 aliphatic rings. The molecule has 1 aliphatic carbocycles. The molecule has 0 aromatic heterocycles. The molecule has 0 aliphatic heterocycles. The average molecular weight is 352 g/mol. The molecular weight excluding hydrogens is 333 g/mol. The van der Waals surface area contributed by atoms with Crippen LogP contribution in [0.3, 0.4) is 0 Å². The van der Waals surface area contributed by atoms with E-state index < -0.39 is 16.6 Å². The van der Waals surface area contributed by atoms with E-state index in [1.54, 1.807) is 0 Å². The van der Waals surface area contributed by atoms with E-state index in [9.17, 15) is 13.5 Å². The maximum atomic E-state index is 12.5. The van der Waals surface area contributed by atoms with E-state index in [0.29, 0.717) is 0 Å². The molecule has 1 aromatic rings. The molecule has 7 heteroatoms. The molecule has 1 fully saturated rings. The highest BCUT2D eigenvalue weighted by Gasteiger charge is 2.25. The van der Waals surface area contributed by atoms with Crippen LogP contribution in [0.15, 0.2) is 17.0 Å². The second-order valence-corrected chi connectivity index (χ2v) is 7.77. The maximum Gasteiger partial charge on any atom is 0.242 e. The summed E-state index contributed by atoms with van der Waals surface area (Å²) >= 11 is 12.0. The number of aliphatic hydroxyl groups excluding tert-OH is 1. The summed E-state index contributed by atoms with van der Waals surface area (Å²) in [6, 6.07) is 2.77. The van der Waals surface area contributed by atoms with Crippen molar-refractivity contribution in [3.8, 4) is 0 Å². The molecular formula is C14H19Cl2NO3S. The van der Waals surface area contributed by atoms with Crippen LogP contribution >= 0.6 is 23.2 Å². The molecule has 0 saturated heterocycles. The zero-order valence-electron chi connectivity index (χ0n) is 11.6. The van der Waals surface area contributed by atoms with Gasteiger partial charge in [-0.3, -0.25) is 0 Å². The zero-order valence-corrected chi connectivity index (χ0v) is 13.9. The van der Waals surface area contributed by atoms with Crippen LogP contribution in [0.2, 0.25) is 10.0 Å². The van der Waals surface area contributed by atoms with Crippen molar-refractivity contribution in [2.75, 3.05) is 0 Å². The number of rotatable bonds is 4. The standard InChI is InChI=1S/C14H19Cl2NO3S/c15-12-7-8-13(14(16)11(12)9-18)21(19,20)17-10-5-3-1-2-4-6-10/h7-8,10,17-18H,1-6,9H2. The molecule has 0 amide bonds. The Morgan fingerprint density at radius 1 is 1.14 bits per heavy atom. The van der Waals surface area contributed by atoms with Crippen LogP contribution in [0.25, 0.3) is 0 Å². The molecule has 0 spiro atoms. The number of sulfonamides is 1. The van der Waals surface area contributed by atoms with Crippen LogP contribution in [0.5, 0.6) is 0 Å². The fourth-order valence-corrected chi connectivity index (χ4v) is 4.81. The molecule has 1 saturated carbocycles. The highest BCUT2D eigenvalue weighted by Crippen LogP contribution is 2.31. The fraction of sp³-hybridized carbons (Fsp3) is 0.571. The summed E-state index contributed by atoms with van der Waals surface area (Å²) < 4.78 is 27.7. The van der Waals surface area contributed by atoms with E-state index >= 15 is 0 Å². The van der Waals surface area contributed by atoms with Crippen molar-refractivity contribution >= 4 is 33.2 Å². The quantitative estimate of drug-likeness (QED) is 0.816. The van der Waals surface area contributed by atoms with Crippen LogP contribution in [-0.2, 0) is 16.6 Å². The third-order valence-electron chi connectivity index (χ3n) is 3.78. The van der Waals surface area contributed by atoms with Crippen molar-refractivity contribution in [2.24, 2.45) is 0 Å². The van der Waals surface area contributed by atoms with Gasteiger partial charge in [0.2, 0.25) is 10.0 Å². The predicted octanol–water partition coefficient (Wildman–Crippen LogP) is 3.49. The van der Waals surface area contributed by atoms with Gasteiger partial charge in [0.15, 0.2) is 0 Å². The summed E-state index contributed by atoms with van der Waals surface area (Å²) in [5.41, 5.74) is 0.238. The average Bonchev–Trinajstić information content (AvgIpc) is 2.67. The Hall–Kier alpha value is -0.330. The predicted molar refractivity (Wildman–Crippen MR) is 84.2 cm³/mol. The molecule has 2 rings (SSSR count). The van der Waals surface area contributed by atoms with Gasteiger partial charge in [-0.1, -0.05) is 48.9 Å². The van der Waals surface area contributed by atoms with Crippen LogP contribution in [0.1, 0.15) is 44.1 Å². The largest absolute Gasteiger partial charge is 0.392 e. The van der Waals surface area contributed by atoms with E-state index in [4.69, 9.17) is 23.2 Å². The summed E-state index contributed by atoms with van der Waals surface area (Å²) in [4.78, 5) is -0.0261. The minimum atomic E-state index is -3.71. The van der Waals surface area contributed by atoms with E-state index in [2.05, 4.69) is 4.72 Å². The SMILES string of the molecule is O=S(=O)(NC1CCCCCC1)c1ccc(Cl)c(CO)c1Cl. The van der Waals surface area contributed by atoms with Gasteiger partial charge in [0.1, 0.15) is 4.90 Å². The van der Waals surface area contributed by atoms with E-state index in [1.807, 2.05) is 0 Å². The summed E-state index contributed by atoms with van der Waals surface area (Å²) in [5.74, 6) is 0. The van der Waals surface area contributed by atoms with Gasteiger partial charge < -0.3 is 5.11 Å². The van der Waals surface area contributed by atoms with E-state index in [0.717, 1.165) is 38.5 Å². The first-order valence-electron chi connectivity index (χ1n) is 7.06. The molecule has 21 heavy (non-hydrogen) atoms. The van der Waals surface area contributed by atoms with Crippen molar-refractivity contribution in [3.63, 3.8) is 0 Å². The second kappa shape index (κ2) is 7.29. The molecule has 0 bridgehead atoms. The lowest BCUT2D eigenvalue weighted by Gasteiger charge is -2.18. The normalized spacial score (nSPS) is 17.7. The van der Waals surface area contributed by atoms with Gasteiger partial charge in [-0.25, -0.2) is 13.1 Å². The van der Waals surface area contributed by atoms with Crippen LogP contribution in [-0.4, -0.2) is 19.6 Å². The zero-order chi connectivity index (χ0) is 15.5. The Bertz CT molecular complexity index is 596. The van der Waals surface area contributed by atoms with Gasteiger partial charge in [0.05, 0.1) is 11.6 Å². The number of hydrogen-bond donors (Lipinski definition) is 2. The molecule has 0 unspecified atom stereocenters. The van der Waals surface area contributed by atoms with Gasteiger partial charge >= 0.3 is 0 Å². The van der Waals surface area contributed by atoms with Gasteiger partial charge in [-0.2, -0.15) is 0 Å². The molecule has 2 N–H and O–H groups in total. The summed E-state index contributed by atoms with van der Waals surface area (Å²) in [6.45, 7) is -0.398. The lowest BCUT2D eigenvalue weighted by molar-refractivity contribution is 0.281. The van der Waals surface area contributed by atoms with Crippen molar-refractivity contribution in [1.29, 1.82) is 0 Å². The number of aliphatic hydroxyl groups is 1. The van der Waals surface area contributed by atoms with Gasteiger partial charge in [0, 0.05) is 16.6 Å². The molecule has 1 aromatic carbocycles. The van der Waals surface area contributed by atoms with E-state index in [-0.39, 0.29) is 26.5 Å². The highest BCUT2D eigenvalue weighted by atomic mass is 35.5. The highest BCUT2D eigenvalue weighted by molar-refractivity contribution is 7.89. The van der Waals surface area contributed by atoms with Gasteiger partial charge in [0.25, 0.3) is 0 Å². The number of halogens is 2. The van der Waals surface area contributed by atoms with Crippen molar-refractivity contribution in [3.05, 3.63) is 27.7 Å². The first-order valence-corrected chi connectivity index (χ1v) is 9.29. The lowest BCUT2D eigenvalue weighted by Crippen LogP contribution is -2.34. The van der Waals surface area contributed by atoms with E-state index in [1.165, 1.54) is 12.1 Å². The minimum Gasteiger partial charge on any atom is -0.392 e. The minimum absolute atomic E-state index is 0.00822. The number of hydrogen-bond acceptors (Lipinski definition) is 3. The Kier molecular flexibility index (Phi) is 5.91. The monoisotopic (exact) mass is 351 g/mol. The summed E-state index contributed by atoms with van der Waals surface area (Å²) in [7, 11) is -3.71. The lowest BCUT2D eigenvalue weighted by atomic mass is 10.1. The second-order valence-electron chi connectivity index (χ2n) is 5.31. The topological polar surface area (TPSA) is 66.4 Å². The molecule has 0 heterocycles. The number of nitrogens with one attached hydrogen (secondary N) is 1. The van der Waals surface area contributed by atoms with Crippen molar-refractivity contribution in [1.82, 2.24) is 4.72 Å². The third-order valence-corrected chi connectivity index (χ3v) is 6.24. The van der Waals surface area contributed by atoms with Gasteiger partial charge in [-0.05, 0) is 25.0 Å². The molecule has 0 radical (unpaired) electrons. The van der Waals surface area contributed by atoms with Gasteiger partial charge in [-0.15, -0.1) is 0 Å². The molecule has 4 nitrogen and oxygen atoms in total. The third kappa shape index (κ3) is 4.11. The fourth-order valence-electron chi connectivity index (χ4n) is 2.61. The van der Waals surface area contributed by atoms with Crippen LogP contribution in [0, 0.1) is 0 Å². The smallest absolute Gasteiger partial charge is 0.242 e.